The minimum absolute atomic E-state index is 0.0852. The summed E-state index contributed by atoms with van der Waals surface area (Å²) in [6.07, 6.45) is 5.79. The van der Waals surface area contributed by atoms with Crippen LogP contribution in [-0.2, 0) is 11.2 Å². The molecule has 1 saturated carbocycles. The maximum absolute atomic E-state index is 12.4. The molecule has 3 nitrogen and oxygen atoms in total. The molecule has 1 aromatic carbocycles. The summed E-state index contributed by atoms with van der Waals surface area (Å²) in [5.41, 5.74) is 8.35. The molecule has 3 rings (SSSR count). The molecule has 0 aromatic heterocycles. The van der Waals surface area contributed by atoms with E-state index in [0.29, 0.717) is 0 Å². The third-order valence-corrected chi connectivity index (χ3v) is 4.97. The molecule has 0 aliphatic heterocycles. The van der Waals surface area contributed by atoms with E-state index in [1.165, 1.54) is 11.1 Å². The first-order chi connectivity index (χ1) is 9.65. The lowest BCUT2D eigenvalue weighted by Crippen LogP contribution is -2.38. The number of halogens is 1. The lowest BCUT2D eigenvalue weighted by molar-refractivity contribution is -0.126. The fourth-order valence-electron chi connectivity index (χ4n) is 3.51. The Bertz CT molecular complexity index is 517. The van der Waals surface area contributed by atoms with E-state index in [0.717, 1.165) is 43.5 Å². The molecule has 0 radical (unpaired) electrons. The lowest BCUT2D eigenvalue weighted by atomic mass is 9.85. The van der Waals surface area contributed by atoms with Crippen molar-refractivity contribution in [2.24, 2.45) is 11.7 Å². The van der Waals surface area contributed by atoms with Gasteiger partial charge in [-0.2, -0.15) is 0 Å². The Morgan fingerprint density at radius 3 is 2.95 bits per heavy atom. The van der Waals surface area contributed by atoms with Crippen molar-refractivity contribution in [2.45, 2.75) is 50.6 Å². The van der Waals surface area contributed by atoms with Crippen molar-refractivity contribution >= 4 is 17.5 Å². The van der Waals surface area contributed by atoms with E-state index < -0.39 is 0 Å². The Morgan fingerprint density at radius 2 is 2.15 bits per heavy atom. The molecule has 1 fully saturated rings. The fourth-order valence-corrected chi connectivity index (χ4v) is 3.79. The van der Waals surface area contributed by atoms with Crippen molar-refractivity contribution in [3.8, 4) is 0 Å². The number of amides is 1. The molecule has 3 unspecified atom stereocenters. The summed E-state index contributed by atoms with van der Waals surface area (Å²) in [6.45, 7) is 0. The first-order valence-corrected chi connectivity index (χ1v) is 7.86. The predicted molar refractivity (Wildman–Crippen MR) is 80.6 cm³/mol. The molecule has 4 heteroatoms. The van der Waals surface area contributed by atoms with Crippen molar-refractivity contribution < 1.29 is 4.79 Å². The highest BCUT2D eigenvalue weighted by molar-refractivity contribution is 6.31. The van der Waals surface area contributed by atoms with Gasteiger partial charge in [0.05, 0.1) is 6.04 Å². The average Bonchev–Trinajstić information content (AvgIpc) is 2.83. The van der Waals surface area contributed by atoms with Crippen molar-refractivity contribution in [2.75, 3.05) is 0 Å². The van der Waals surface area contributed by atoms with Crippen molar-refractivity contribution in [3.63, 3.8) is 0 Å². The number of hydrogen-bond acceptors (Lipinski definition) is 2. The van der Waals surface area contributed by atoms with Crippen LogP contribution in [0.1, 0.15) is 49.3 Å². The molecule has 3 atom stereocenters. The first-order valence-electron chi connectivity index (χ1n) is 7.48. The summed E-state index contributed by atoms with van der Waals surface area (Å²) in [4.78, 5) is 12.4. The molecule has 0 heterocycles. The van der Waals surface area contributed by atoms with Gasteiger partial charge in [-0.25, -0.2) is 0 Å². The van der Waals surface area contributed by atoms with E-state index in [1.54, 1.807) is 0 Å². The van der Waals surface area contributed by atoms with Gasteiger partial charge in [-0.05, 0) is 49.3 Å². The molecule has 3 N–H and O–H groups in total. The van der Waals surface area contributed by atoms with Crippen molar-refractivity contribution in [1.29, 1.82) is 0 Å². The van der Waals surface area contributed by atoms with Crippen LogP contribution in [0.5, 0.6) is 0 Å². The minimum Gasteiger partial charge on any atom is -0.349 e. The minimum atomic E-state index is 0.0852. The molecule has 1 amide bonds. The van der Waals surface area contributed by atoms with E-state index in [-0.39, 0.29) is 23.9 Å². The number of benzene rings is 1. The van der Waals surface area contributed by atoms with Crippen molar-refractivity contribution in [1.82, 2.24) is 5.32 Å². The third-order valence-electron chi connectivity index (χ3n) is 4.62. The Labute approximate surface area is 124 Å². The fraction of sp³-hybridized carbons (Fsp3) is 0.562. The molecule has 1 aromatic rings. The monoisotopic (exact) mass is 292 g/mol. The normalized spacial score (nSPS) is 29.0. The van der Waals surface area contributed by atoms with Gasteiger partial charge in [-0.1, -0.05) is 30.2 Å². The van der Waals surface area contributed by atoms with E-state index >= 15 is 0 Å². The molecule has 108 valence electrons. The van der Waals surface area contributed by atoms with Gasteiger partial charge in [0.25, 0.3) is 0 Å². The van der Waals surface area contributed by atoms with Gasteiger partial charge in [0.2, 0.25) is 5.91 Å². The lowest BCUT2D eigenvalue weighted by Gasteiger charge is -2.27. The van der Waals surface area contributed by atoms with Gasteiger partial charge in [0.1, 0.15) is 0 Å². The van der Waals surface area contributed by atoms with Gasteiger partial charge < -0.3 is 11.1 Å². The van der Waals surface area contributed by atoms with Gasteiger partial charge in [0.15, 0.2) is 0 Å². The predicted octanol–water partition coefficient (Wildman–Crippen LogP) is 2.96. The number of carbonyl (C=O) groups excluding carboxylic acids is 1. The Hall–Kier alpha value is -1.06. The summed E-state index contributed by atoms with van der Waals surface area (Å²) in [6, 6.07) is 6.26. The topological polar surface area (TPSA) is 55.1 Å². The van der Waals surface area contributed by atoms with Crippen LogP contribution in [0, 0.1) is 5.92 Å². The Morgan fingerprint density at radius 1 is 1.30 bits per heavy atom. The van der Waals surface area contributed by atoms with Gasteiger partial charge in [-0.3, -0.25) is 4.79 Å². The highest BCUT2D eigenvalue weighted by atomic mass is 35.5. The number of nitrogens with one attached hydrogen (secondary N) is 1. The van der Waals surface area contributed by atoms with Crippen molar-refractivity contribution in [3.05, 3.63) is 34.3 Å². The van der Waals surface area contributed by atoms with Crippen LogP contribution in [0.4, 0.5) is 0 Å². The van der Waals surface area contributed by atoms with Crippen LogP contribution in [0.15, 0.2) is 18.2 Å². The largest absolute Gasteiger partial charge is 0.349 e. The molecule has 0 bridgehead atoms. The summed E-state index contributed by atoms with van der Waals surface area (Å²) in [5.74, 6) is 0.250. The standard InChI is InChI=1S/C16H21ClN2O/c17-14-6-2-5-13-12(14)7-8-15(13)19-16(20)10-3-1-4-11(18)9-10/h2,5-6,10-11,15H,1,3-4,7-9,18H2,(H,19,20). The number of hydrogen-bond donors (Lipinski definition) is 2. The van der Waals surface area contributed by atoms with Crippen LogP contribution >= 0.6 is 11.6 Å². The molecule has 0 spiro atoms. The summed E-state index contributed by atoms with van der Waals surface area (Å²) >= 11 is 6.21. The molecule has 0 saturated heterocycles. The van der Waals surface area contributed by atoms with E-state index in [9.17, 15) is 4.79 Å². The SMILES string of the molecule is NC1CCCC(C(=O)NC2CCc3c(Cl)cccc32)C1. The summed E-state index contributed by atoms with van der Waals surface area (Å²) < 4.78 is 0. The number of rotatable bonds is 2. The van der Waals surface area contributed by atoms with E-state index in [2.05, 4.69) is 11.4 Å². The molecule has 2 aliphatic rings. The van der Waals surface area contributed by atoms with E-state index in [1.807, 2.05) is 12.1 Å². The first kappa shape index (κ1) is 13.9. The third kappa shape index (κ3) is 2.70. The van der Waals surface area contributed by atoms with Crippen LogP contribution < -0.4 is 11.1 Å². The zero-order chi connectivity index (χ0) is 14.1. The Kier molecular flexibility index (Phi) is 3.99. The zero-order valence-electron chi connectivity index (χ0n) is 11.6. The highest BCUT2D eigenvalue weighted by Crippen LogP contribution is 2.36. The Balaban J connectivity index is 1.68. The maximum Gasteiger partial charge on any atom is 0.223 e. The maximum atomic E-state index is 12.4. The highest BCUT2D eigenvalue weighted by Gasteiger charge is 2.30. The second kappa shape index (κ2) is 5.74. The van der Waals surface area contributed by atoms with Gasteiger partial charge >= 0.3 is 0 Å². The number of nitrogens with two attached hydrogens (primary N) is 1. The van der Waals surface area contributed by atoms with Crippen LogP contribution in [-0.4, -0.2) is 11.9 Å². The second-order valence-electron chi connectivity index (χ2n) is 6.03. The van der Waals surface area contributed by atoms with Crippen LogP contribution in [0.2, 0.25) is 5.02 Å². The van der Waals surface area contributed by atoms with Crippen LogP contribution in [0.3, 0.4) is 0 Å². The van der Waals surface area contributed by atoms with E-state index in [4.69, 9.17) is 17.3 Å². The van der Waals surface area contributed by atoms with Crippen LogP contribution in [0.25, 0.3) is 0 Å². The quantitative estimate of drug-likeness (QED) is 0.880. The number of fused-ring (bicyclic) bond motifs is 1. The number of carbonyl (C=O) groups is 1. The van der Waals surface area contributed by atoms with Gasteiger partial charge in [-0.15, -0.1) is 0 Å². The smallest absolute Gasteiger partial charge is 0.223 e. The zero-order valence-corrected chi connectivity index (χ0v) is 12.3. The molecular formula is C16H21ClN2O. The van der Waals surface area contributed by atoms with Gasteiger partial charge in [0, 0.05) is 17.0 Å². The second-order valence-corrected chi connectivity index (χ2v) is 6.44. The molecular weight excluding hydrogens is 272 g/mol. The summed E-state index contributed by atoms with van der Waals surface area (Å²) in [5, 5.41) is 4.02. The molecule has 2 aliphatic carbocycles. The molecule has 20 heavy (non-hydrogen) atoms. The summed E-state index contributed by atoms with van der Waals surface area (Å²) in [7, 11) is 0. The average molecular weight is 293 g/mol.